The van der Waals surface area contributed by atoms with Crippen molar-refractivity contribution in [3.8, 4) is 50.2 Å². The predicted molar refractivity (Wildman–Crippen MR) is 290 cm³/mol. The second-order valence-corrected chi connectivity index (χ2v) is 17.7. The summed E-state index contributed by atoms with van der Waals surface area (Å²) in [6, 6.07) is 97.6. The van der Waals surface area contributed by atoms with Crippen molar-refractivity contribution < 1.29 is 0 Å². The van der Waals surface area contributed by atoms with Crippen LogP contribution in [0.1, 0.15) is 0 Å². The summed E-state index contributed by atoms with van der Waals surface area (Å²) in [7, 11) is 0. The molecule has 0 fully saturated rings. The zero-order chi connectivity index (χ0) is 45.0. The number of anilines is 3. The zero-order valence-corrected chi connectivity index (χ0v) is 37.3. The van der Waals surface area contributed by atoms with E-state index < -0.39 is 0 Å². The highest BCUT2D eigenvalue weighted by molar-refractivity contribution is 6.19. The topological polar surface area (TPSA) is 8.17 Å². The molecular weight excluding hydrogens is 821 g/mol. The number of hydrogen-bond donors (Lipinski definition) is 0. The SMILES string of the molecule is c1ccc(-c2cc(-c3ccc(N(c4cc(-c5ccccc5)c5ccccc5c4)c4ccc(-c5ccccc5)c5ccccc45)cc3)cc(-n3c4ccccc4c4ccc5ccccc5c43)c2)cc1. The lowest BCUT2D eigenvalue weighted by atomic mass is 9.94. The molecule has 0 spiro atoms. The fourth-order valence-corrected chi connectivity index (χ4v) is 10.6. The molecule has 13 rings (SSSR count). The standard InChI is InChI=1S/C66H44N2/c1-4-18-45(19-5-1)51-40-52(43-54(42-51)68-64-31-17-16-30-61(64)62-37-34-49-24-10-13-27-58(49)66(62)68)46-32-35-53(36-33-46)67(55-41-50-25-11-12-26-56(50)63(44-55)48-22-8-3-9-23-48)65-39-38-57(47-20-6-2-7-21-47)59-28-14-15-29-60(59)65/h1-44H. The van der Waals surface area contributed by atoms with Crippen molar-refractivity contribution in [1.82, 2.24) is 4.57 Å². The predicted octanol–water partition coefficient (Wildman–Crippen LogP) is 18.4. The molecule has 0 atom stereocenters. The van der Waals surface area contributed by atoms with E-state index in [1.165, 1.54) is 87.5 Å². The van der Waals surface area contributed by atoms with Gasteiger partial charge in [-0.3, -0.25) is 0 Å². The third-order valence-electron chi connectivity index (χ3n) is 13.7. The molecule has 1 heterocycles. The highest BCUT2D eigenvalue weighted by Crippen LogP contribution is 2.46. The van der Waals surface area contributed by atoms with Crippen LogP contribution in [0.3, 0.4) is 0 Å². The molecule has 0 unspecified atom stereocenters. The average molecular weight is 865 g/mol. The van der Waals surface area contributed by atoms with Crippen LogP contribution in [0.4, 0.5) is 17.1 Å². The minimum Gasteiger partial charge on any atom is -0.310 e. The molecule has 0 saturated heterocycles. The van der Waals surface area contributed by atoms with Crippen molar-refractivity contribution in [2.45, 2.75) is 0 Å². The second-order valence-electron chi connectivity index (χ2n) is 17.7. The Kier molecular flexibility index (Phi) is 9.54. The Bertz CT molecular complexity index is 4000. The van der Waals surface area contributed by atoms with E-state index in [2.05, 4.69) is 276 Å². The summed E-state index contributed by atoms with van der Waals surface area (Å²) in [6.07, 6.45) is 0. The van der Waals surface area contributed by atoms with E-state index in [1.807, 2.05) is 0 Å². The van der Waals surface area contributed by atoms with Crippen molar-refractivity contribution >= 4 is 71.2 Å². The Morgan fingerprint density at radius 3 is 1.51 bits per heavy atom. The summed E-state index contributed by atoms with van der Waals surface area (Å²) < 4.78 is 2.48. The van der Waals surface area contributed by atoms with Gasteiger partial charge in [0.15, 0.2) is 0 Å². The Hall–Kier alpha value is -8.98. The number of benzene rings is 12. The summed E-state index contributed by atoms with van der Waals surface area (Å²) in [5.41, 5.74) is 16.3. The lowest BCUT2D eigenvalue weighted by molar-refractivity contribution is 1.19. The maximum absolute atomic E-state index is 2.48. The van der Waals surface area contributed by atoms with E-state index in [4.69, 9.17) is 0 Å². The highest BCUT2D eigenvalue weighted by Gasteiger charge is 2.21. The lowest BCUT2D eigenvalue weighted by Gasteiger charge is -2.29. The number of rotatable bonds is 8. The second kappa shape index (κ2) is 16.5. The number of hydrogen-bond acceptors (Lipinski definition) is 1. The Balaban J connectivity index is 1.02. The molecule has 0 amide bonds. The molecule has 0 radical (unpaired) electrons. The zero-order valence-electron chi connectivity index (χ0n) is 37.3. The fourth-order valence-electron chi connectivity index (χ4n) is 10.6. The van der Waals surface area contributed by atoms with Crippen molar-refractivity contribution in [1.29, 1.82) is 0 Å². The minimum absolute atomic E-state index is 1.08. The van der Waals surface area contributed by atoms with E-state index in [0.717, 1.165) is 33.9 Å². The molecule has 68 heavy (non-hydrogen) atoms. The van der Waals surface area contributed by atoms with Crippen LogP contribution in [-0.4, -0.2) is 4.57 Å². The summed E-state index contributed by atoms with van der Waals surface area (Å²) in [6.45, 7) is 0. The minimum atomic E-state index is 1.08. The molecule has 2 heteroatoms. The van der Waals surface area contributed by atoms with Crippen LogP contribution < -0.4 is 4.90 Å². The van der Waals surface area contributed by atoms with Gasteiger partial charge in [-0.25, -0.2) is 0 Å². The molecule has 0 bridgehead atoms. The molecule has 13 aromatic rings. The molecule has 0 aliphatic carbocycles. The first kappa shape index (κ1) is 39.4. The van der Waals surface area contributed by atoms with Crippen molar-refractivity contribution in [2.24, 2.45) is 0 Å². The monoisotopic (exact) mass is 864 g/mol. The van der Waals surface area contributed by atoms with Crippen molar-refractivity contribution in [3.63, 3.8) is 0 Å². The lowest BCUT2D eigenvalue weighted by Crippen LogP contribution is -2.11. The molecule has 1 aromatic heterocycles. The normalized spacial score (nSPS) is 11.5. The first-order chi connectivity index (χ1) is 33.7. The van der Waals surface area contributed by atoms with Gasteiger partial charge < -0.3 is 9.47 Å². The third kappa shape index (κ3) is 6.73. The fraction of sp³-hybridized carbons (Fsp3) is 0. The smallest absolute Gasteiger partial charge is 0.0619 e. The average Bonchev–Trinajstić information content (AvgIpc) is 3.76. The van der Waals surface area contributed by atoms with Crippen LogP contribution in [0.5, 0.6) is 0 Å². The number of nitrogens with zero attached hydrogens (tertiary/aromatic N) is 2. The Morgan fingerprint density at radius 1 is 0.265 bits per heavy atom. The summed E-state index contributed by atoms with van der Waals surface area (Å²) in [5, 5.41) is 9.79. The number of fused-ring (bicyclic) bond motifs is 7. The molecule has 12 aromatic carbocycles. The van der Waals surface area contributed by atoms with Crippen molar-refractivity contribution in [3.05, 3.63) is 267 Å². The Labute approximate surface area is 395 Å². The van der Waals surface area contributed by atoms with E-state index >= 15 is 0 Å². The Morgan fingerprint density at radius 2 is 0.809 bits per heavy atom. The first-order valence-electron chi connectivity index (χ1n) is 23.4. The molecule has 0 N–H and O–H groups in total. The van der Waals surface area contributed by atoms with Gasteiger partial charge in [0.2, 0.25) is 0 Å². The van der Waals surface area contributed by atoms with E-state index in [0.29, 0.717) is 0 Å². The van der Waals surface area contributed by atoms with Gasteiger partial charge in [0.25, 0.3) is 0 Å². The third-order valence-corrected chi connectivity index (χ3v) is 13.7. The highest BCUT2D eigenvalue weighted by atomic mass is 15.1. The summed E-state index contributed by atoms with van der Waals surface area (Å²) in [5.74, 6) is 0. The van der Waals surface area contributed by atoms with Gasteiger partial charge in [0.05, 0.1) is 16.7 Å². The van der Waals surface area contributed by atoms with Gasteiger partial charge in [0.1, 0.15) is 0 Å². The maximum atomic E-state index is 2.48. The number of para-hydroxylation sites is 1. The van der Waals surface area contributed by atoms with Crippen LogP contribution in [0.2, 0.25) is 0 Å². The van der Waals surface area contributed by atoms with Crippen LogP contribution >= 0.6 is 0 Å². The van der Waals surface area contributed by atoms with Crippen LogP contribution in [0, 0.1) is 0 Å². The van der Waals surface area contributed by atoms with Gasteiger partial charge in [-0.2, -0.15) is 0 Å². The summed E-state index contributed by atoms with van der Waals surface area (Å²) in [4.78, 5) is 2.45. The van der Waals surface area contributed by atoms with E-state index in [1.54, 1.807) is 0 Å². The summed E-state index contributed by atoms with van der Waals surface area (Å²) >= 11 is 0. The molecule has 2 nitrogen and oxygen atoms in total. The van der Waals surface area contributed by atoms with Crippen LogP contribution in [-0.2, 0) is 0 Å². The van der Waals surface area contributed by atoms with E-state index in [-0.39, 0.29) is 0 Å². The van der Waals surface area contributed by atoms with E-state index in [9.17, 15) is 0 Å². The molecule has 0 saturated carbocycles. The van der Waals surface area contributed by atoms with Gasteiger partial charge in [-0.1, -0.05) is 212 Å². The van der Waals surface area contributed by atoms with Crippen molar-refractivity contribution in [2.75, 3.05) is 4.90 Å². The number of aromatic nitrogens is 1. The molecule has 318 valence electrons. The largest absolute Gasteiger partial charge is 0.310 e. The quantitative estimate of drug-likeness (QED) is 0.148. The van der Waals surface area contributed by atoms with Gasteiger partial charge in [0, 0.05) is 38.6 Å². The van der Waals surface area contributed by atoms with Crippen LogP contribution in [0.15, 0.2) is 267 Å². The van der Waals surface area contributed by atoms with Gasteiger partial charge in [-0.05, 0) is 121 Å². The molecule has 0 aliphatic heterocycles. The maximum Gasteiger partial charge on any atom is 0.0619 e. The molecule has 0 aliphatic rings. The van der Waals surface area contributed by atoms with Crippen LogP contribution in [0.25, 0.3) is 104 Å². The molecular formula is C66H44N2. The first-order valence-corrected chi connectivity index (χ1v) is 23.4. The van der Waals surface area contributed by atoms with Gasteiger partial charge >= 0.3 is 0 Å². The van der Waals surface area contributed by atoms with Gasteiger partial charge in [-0.15, -0.1) is 0 Å².